The van der Waals surface area contributed by atoms with E-state index in [1.54, 1.807) is 18.3 Å². The highest BCUT2D eigenvalue weighted by Gasteiger charge is 2.31. The number of pyridine rings is 1. The highest BCUT2D eigenvalue weighted by atomic mass is 32.2. The Morgan fingerprint density at radius 1 is 1.07 bits per heavy atom. The Morgan fingerprint density at radius 2 is 1.86 bits per heavy atom. The van der Waals surface area contributed by atoms with E-state index in [1.807, 2.05) is 49.4 Å². The lowest BCUT2D eigenvalue weighted by atomic mass is 10.1. The highest BCUT2D eigenvalue weighted by Crippen LogP contribution is 2.32. The van der Waals surface area contributed by atoms with Crippen LogP contribution in [0.1, 0.15) is 34.6 Å². The van der Waals surface area contributed by atoms with Crippen LogP contribution in [-0.4, -0.2) is 25.9 Å². The van der Waals surface area contributed by atoms with Crippen LogP contribution in [0.2, 0.25) is 0 Å². The molecule has 0 radical (unpaired) electrons. The van der Waals surface area contributed by atoms with Crippen LogP contribution in [0.4, 0.5) is 5.69 Å². The molecule has 2 heterocycles. The van der Waals surface area contributed by atoms with E-state index in [0.29, 0.717) is 24.2 Å². The second-order valence-electron chi connectivity index (χ2n) is 6.93. The first-order chi connectivity index (χ1) is 14.0. The molecule has 0 bridgehead atoms. The van der Waals surface area contributed by atoms with Gasteiger partial charge in [0.15, 0.2) is 0 Å². The summed E-state index contributed by atoms with van der Waals surface area (Å²) in [6.07, 6.45) is 2.34. The van der Waals surface area contributed by atoms with Crippen molar-refractivity contribution in [3.05, 3.63) is 89.7 Å². The van der Waals surface area contributed by atoms with E-state index >= 15 is 0 Å². The minimum atomic E-state index is -3.75. The Labute approximate surface area is 170 Å². The third kappa shape index (κ3) is 3.73. The Bertz CT molecular complexity index is 1150. The van der Waals surface area contributed by atoms with Crippen molar-refractivity contribution in [1.29, 1.82) is 0 Å². The van der Waals surface area contributed by atoms with Gasteiger partial charge in [-0.25, -0.2) is 8.42 Å². The SMILES string of the molecule is CC(NC(=O)c1cccc(S(=O)(=O)N2CCc3ccccc32)c1)c1ccccn1. The van der Waals surface area contributed by atoms with Gasteiger partial charge >= 0.3 is 0 Å². The minimum Gasteiger partial charge on any atom is -0.344 e. The summed E-state index contributed by atoms with van der Waals surface area (Å²) in [6, 6.07) is 18.8. The molecule has 1 unspecified atom stereocenters. The van der Waals surface area contributed by atoms with Gasteiger partial charge in [0.2, 0.25) is 0 Å². The van der Waals surface area contributed by atoms with Gasteiger partial charge in [0.1, 0.15) is 0 Å². The fraction of sp³-hybridized carbons (Fsp3) is 0.182. The number of hydrogen-bond donors (Lipinski definition) is 1. The van der Waals surface area contributed by atoms with Gasteiger partial charge in [-0.3, -0.25) is 14.1 Å². The Balaban J connectivity index is 1.58. The standard InChI is InChI=1S/C22H21N3O3S/c1-16(20-10-4-5-13-23-20)24-22(26)18-8-6-9-19(15-18)29(27,28)25-14-12-17-7-2-3-11-21(17)25/h2-11,13,15-16H,12,14H2,1H3,(H,24,26). The quantitative estimate of drug-likeness (QED) is 0.704. The number of fused-ring (bicyclic) bond motifs is 1. The van der Waals surface area contributed by atoms with Gasteiger partial charge in [0, 0.05) is 18.3 Å². The smallest absolute Gasteiger partial charge is 0.264 e. The van der Waals surface area contributed by atoms with Gasteiger partial charge in [-0.15, -0.1) is 0 Å². The maximum absolute atomic E-state index is 13.2. The van der Waals surface area contributed by atoms with Crippen molar-refractivity contribution in [2.24, 2.45) is 0 Å². The zero-order valence-corrected chi connectivity index (χ0v) is 16.8. The fourth-order valence-corrected chi connectivity index (χ4v) is 5.02. The van der Waals surface area contributed by atoms with Crippen molar-refractivity contribution in [2.75, 3.05) is 10.8 Å². The largest absolute Gasteiger partial charge is 0.344 e. The summed E-state index contributed by atoms with van der Waals surface area (Å²) in [7, 11) is -3.75. The third-order valence-electron chi connectivity index (χ3n) is 5.01. The maximum Gasteiger partial charge on any atom is 0.264 e. The number of rotatable bonds is 5. The van der Waals surface area contributed by atoms with Gasteiger partial charge in [0.25, 0.3) is 15.9 Å². The van der Waals surface area contributed by atoms with E-state index in [9.17, 15) is 13.2 Å². The molecule has 1 aliphatic rings. The molecular formula is C22H21N3O3S. The van der Waals surface area contributed by atoms with Crippen LogP contribution in [0.25, 0.3) is 0 Å². The summed E-state index contributed by atoms with van der Waals surface area (Å²) in [4.78, 5) is 17.0. The lowest BCUT2D eigenvalue weighted by Gasteiger charge is -2.20. The first-order valence-electron chi connectivity index (χ1n) is 9.39. The first-order valence-corrected chi connectivity index (χ1v) is 10.8. The topological polar surface area (TPSA) is 79.4 Å². The molecule has 0 saturated carbocycles. The van der Waals surface area contributed by atoms with Crippen LogP contribution >= 0.6 is 0 Å². The number of sulfonamides is 1. The van der Waals surface area contributed by atoms with E-state index in [1.165, 1.54) is 16.4 Å². The van der Waals surface area contributed by atoms with Crippen molar-refractivity contribution in [3.63, 3.8) is 0 Å². The predicted molar refractivity (Wildman–Crippen MR) is 111 cm³/mol. The van der Waals surface area contributed by atoms with Crippen molar-refractivity contribution < 1.29 is 13.2 Å². The number of carbonyl (C=O) groups excluding carboxylic acids is 1. The molecule has 148 valence electrons. The Hall–Kier alpha value is -3.19. The first kappa shape index (κ1) is 19.1. The molecule has 1 aromatic heterocycles. The molecule has 1 aliphatic heterocycles. The van der Waals surface area contributed by atoms with Crippen molar-refractivity contribution >= 4 is 21.6 Å². The number of hydrogen-bond acceptors (Lipinski definition) is 4. The summed E-state index contributed by atoms with van der Waals surface area (Å²) in [5.74, 6) is -0.345. The molecule has 1 atom stereocenters. The van der Waals surface area contributed by atoms with E-state index in [0.717, 1.165) is 11.3 Å². The number of para-hydroxylation sites is 1. The van der Waals surface area contributed by atoms with Gasteiger partial charge in [-0.05, 0) is 55.3 Å². The van der Waals surface area contributed by atoms with Crippen LogP contribution in [0.3, 0.4) is 0 Å². The number of anilines is 1. The van der Waals surface area contributed by atoms with E-state index in [2.05, 4.69) is 10.3 Å². The maximum atomic E-state index is 13.2. The molecule has 2 aromatic carbocycles. The lowest BCUT2D eigenvalue weighted by Crippen LogP contribution is -2.30. The summed E-state index contributed by atoms with van der Waals surface area (Å²) in [5, 5.41) is 2.87. The lowest BCUT2D eigenvalue weighted by molar-refractivity contribution is 0.0939. The van der Waals surface area contributed by atoms with Crippen LogP contribution in [0.15, 0.2) is 77.8 Å². The molecule has 0 aliphatic carbocycles. The molecule has 4 rings (SSSR count). The van der Waals surface area contributed by atoms with Crippen LogP contribution < -0.4 is 9.62 Å². The van der Waals surface area contributed by atoms with Gasteiger partial charge < -0.3 is 5.32 Å². The number of nitrogens with zero attached hydrogens (tertiary/aromatic N) is 2. The summed E-state index contributed by atoms with van der Waals surface area (Å²) < 4.78 is 27.8. The summed E-state index contributed by atoms with van der Waals surface area (Å²) in [5.41, 5.74) is 2.74. The zero-order valence-electron chi connectivity index (χ0n) is 15.9. The monoisotopic (exact) mass is 407 g/mol. The van der Waals surface area contributed by atoms with Gasteiger partial charge in [-0.1, -0.05) is 30.3 Å². The second-order valence-corrected chi connectivity index (χ2v) is 8.80. The third-order valence-corrected chi connectivity index (χ3v) is 6.82. The Morgan fingerprint density at radius 3 is 2.66 bits per heavy atom. The molecule has 1 N–H and O–H groups in total. The molecule has 0 saturated heterocycles. The molecule has 0 fully saturated rings. The van der Waals surface area contributed by atoms with E-state index in [-0.39, 0.29) is 16.8 Å². The number of benzene rings is 2. The van der Waals surface area contributed by atoms with Crippen molar-refractivity contribution in [1.82, 2.24) is 10.3 Å². The van der Waals surface area contributed by atoms with Gasteiger partial charge in [0.05, 0.1) is 22.3 Å². The molecule has 29 heavy (non-hydrogen) atoms. The normalized spacial score (nSPS) is 14.3. The minimum absolute atomic E-state index is 0.104. The highest BCUT2D eigenvalue weighted by molar-refractivity contribution is 7.92. The van der Waals surface area contributed by atoms with Gasteiger partial charge in [-0.2, -0.15) is 0 Å². The van der Waals surface area contributed by atoms with Crippen molar-refractivity contribution in [2.45, 2.75) is 24.3 Å². The molecular weight excluding hydrogens is 386 g/mol. The average Bonchev–Trinajstić information content (AvgIpc) is 3.19. The molecule has 3 aromatic rings. The number of carbonyl (C=O) groups is 1. The van der Waals surface area contributed by atoms with E-state index < -0.39 is 10.0 Å². The van der Waals surface area contributed by atoms with Crippen LogP contribution in [0, 0.1) is 0 Å². The summed E-state index contributed by atoms with van der Waals surface area (Å²) >= 11 is 0. The van der Waals surface area contributed by atoms with Crippen molar-refractivity contribution in [3.8, 4) is 0 Å². The predicted octanol–water partition coefficient (Wildman–Crippen LogP) is 3.32. The molecule has 1 amide bonds. The van der Waals surface area contributed by atoms with E-state index in [4.69, 9.17) is 0 Å². The van der Waals surface area contributed by atoms with Crippen LogP contribution in [-0.2, 0) is 16.4 Å². The molecule has 0 spiro atoms. The Kier molecular flexibility index (Phi) is 5.07. The molecule has 7 heteroatoms. The average molecular weight is 407 g/mol. The summed E-state index contributed by atoms with van der Waals surface area (Å²) in [6.45, 7) is 2.23. The number of nitrogens with one attached hydrogen (secondary N) is 1. The second kappa shape index (κ2) is 7.67. The van der Waals surface area contributed by atoms with Crippen LogP contribution in [0.5, 0.6) is 0 Å². The zero-order chi connectivity index (χ0) is 20.4. The number of amides is 1. The number of aromatic nitrogens is 1. The molecule has 6 nitrogen and oxygen atoms in total. The fourth-order valence-electron chi connectivity index (χ4n) is 3.47.